The molecule has 1 heterocycles. The molecule has 3 rings (SSSR count). The molecule has 0 unspecified atom stereocenters. The first-order valence-corrected chi connectivity index (χ1v) is 8.25. The molecule has 26 heavy (non-hydrogen) atoms. The third kappa shape index (κ3) is 3.47. The minimum absolute atomic E-state index is 0.158. The maximum atomic E-state index is 12.6. The highest BCUT2D eigenvalue weighted by Gasteiger charge is 2.13. The van der Waals surface area contributed by atoms with Crippen LogP contribution in [0.3, 0.4) is 0 Å². The van der Waals surface area contributed by atoms with Crippen LogP contribution >= 0.6 is 0 Å². The Hall–Kier alpha value is -3.46. The Morgan fingerprint density at radius 1 is 1.19 bits per heavy atom. The number of carbonyl (C=O) groups excluding carboxylic acids is 1. The van der Waals surface area contributed by atoms with Gasteiger partial charge in [-0.3, -0.25) is 9.36 Å². The fourth-order valence-electron chi connectivity index (χ4n) is 2.65. The van der Waals surface area contributed by atoms with Crippen molar-refractivity contribution in [3.05, 3.63) is 75.8 Å². The molecule has 0 radical (unpaired) electrons. The topological polar surface area (TPSA) is 85.0 Å². The lowest BCUT2D eigenvalue weighted by molar-refractivity contribution is 0.0457. The number of rotatable bonds is 5. The van der Waals surface area contributed by atoms with E-state index in [2.05, 4.69) is 4.98 Å². The first kappa shape index (κ1) is 17.4. The number of para-hydroxylation sites is 1. The van der Waals surface area contributed by atoms with Crippen LogP contribution in [-0.4, -0.2) is 15.5 Å². The van der Waals surface area contributed by atoms with Crippen molar-refractivity contribution in [2.24, 2.45) is 0 Å². The minimum Gasteiger partial charge on any atom is -0.454 e. The maximum Gasteiger partial charge on any atom is 0.338 e. The second kappa shape index (κ2) is 7.62. The van der Waals surface area contributed by atoms with Gasteiger partial charge in [0, 0.05) is 0 Å². The zero-order valence-corrected chi connectivity index (χ0v) is 14.3. The van der Waals surface area contributed by atoms with E-state index in [4.69, 9.17) is 10.00 Å². The molecule has 0 aliphatic carbocycles. The van der Waals surface area contributed by atoms with Gasteiger partial charge in [0.1, 0.15) is 13.2 Å². The number of hydrogen-bond donors (Lipinski definition) is 0. The summed E-state index contributed by atoms with van der Waals surface area (Å²) in [6, 6.07) is 16.0. The van der Waals surface area contributed by atoms with E-state index in [1.807, 2.05) is 25.1 Å². The number of carbonyl (C=O) groups is 1. The van der Waals surface area contributed by atoms with Crippen molar-refractivity contribution >= 4 is 16.9 Å². The second-order valence-electron chi connectivity index (χ2n) is 5.72. The number of aryl methyl sites for hydroxylation is 1. The number of hydrogen-bond acceptors (Lipinski definition) is 5. The summed E-state index contributed by atoms with van der Waals surface area (Å²) in [5.41, 5.74) is 1.73. The van der Waals surface area contributed by atoms with E-state index in [1.165, 1.54) is 4.57 Å². The Morgan fingerprint density at radius 3 is 2.62 bits per heavy atom. The molecular formula is C20H17N3O3. The molecule has 130 valence electrons. The van der Waals surface area contributed by atoms with Gasteiger partial charge in [-0.1, -0.05) is 31.2 Å². The molecule has 0 N–H and O–H groups in total. The van der Waals surface area contributed by atoms with Gasteiger partial charge in [0.25, 0.3) is 5.56 Å². The molecule has 0 saturated heterocycles. The fraction of sp³-hybridized carbons (Fsp3) is 0.200. The predicted molar refractivity (Wildman–Crippen MR) is 96.6 cm³/mol. The van der Waals surface area contributed by atoms with E-state index in [9.17, 15) is 9.59 Å². The van der Waals surface area contributed by atoms with E-state index in [1.54, 1.807) is 36.4 Å². The van der Waals surface area contributed by atoms with Crippen LogP contribution in [0.5, 0.6) is 0 Å². The summed E-state index contributed by atoms with van der Waals surface area (Å²) in [6.45, 7) is 1.69. The highest BCUT2D eigenvalue weighted by molar-refractivity contribution is 5.89. The summed E-state index contributed by atoms with van der Waals surface area (Å²) in [7, 11) is 0. The number of fused-ring (bicyclic) bond motifs is 1. The Labute approximate surface area is 150 Å². The first-order chi connectivity index (χ1) is 12.6. The van der Waals surface area contributed by atoms with Gasteiger partial charge in [0.15, 0.2) is 5.82 Å². The first-order valence-electron chi connectivity index (χ1n) is 8.25. The summed E-state index contributed by atoms with van der Waals surface area (Å²) >= 11 is 0. The van der Waals surface area contributed by atoms with E-state index >= 15 is 0 Å². The van der Waals surface area contributed by atoms with Crippen LogP contribution in [0.2, 0.25) is 0 Å². The molecule has 0 fully saturated rings. The van der Waals surface area contributed by atoms with Gasteiger partial charge in [-0.2, -0.15) is 5.26 Å². The van der Waals surface area contributed by atoms with Crippen molar-refractivity contribution in [3.8, 4) is 6.07 Å². The largest absolute Gasteiger partial charge is 0.454 e. The summed E-state index contributed by atoms with van der Waals surface area (Å²) in [6.07, 6.45) is 0.886. The van der Waals surface area contributed by atoms with Gasteiger partial charge in [-0.25, -0.2) is 9.78 Å². The normalized spacial score (nSPS) is 10.5. The van der Waals surface area contributed by atoms with Gasteiger partial charge in [0.2, 0.25) is 0 Å². The number of aromatic nitrogens is 2. The molecule has 2 aromatic carbocycles. The average molecular weight is 347 g/mol. The van der Waals surface area contributed by atoms with Gasteiger partial charge < -0.3 is 4.74 Å². The second-order valence-corrected chi connectivity index (χ2v) is 5.72. The summed E-state index contributed by atoms with van der Waals surface area (Å²) in [5.74, 6) is -0.257. The van der Waals surface area contributed by atoms with Crippen molar-refractivity contribution in [1.82, 2.24) is 9.55 Å². The van der Waals surface area contributed by atoms with Crippen LogP contribution < -0.4 is 5.56 Å². The molecule has 0 aliphatic rings. The molecule has 0 bridgehead atoms. The number of ether oxygens (including phenoxy) is 1. The number of benzene rings is 2. The number of esters is 1. The van der Waals surface area contributed by atoms with E-state index < -0.39 is 5.97 Å². The highest BCUT2D eigenvalue weighted by Crippen LogP contribution is 2.11. The van der Waals surface area contributed by atoms with Crippen molar-refractivity contribution in [3.63, 3.8) is 0 Å². The Kier molecular flexibility index (Phi) is 5.09. The van der Waals surface area contributed by atoms with Crippen LogP contribution in [0, 0.1) is 11.3 Å². The molecular weight excluding hydrogens is 330 g/mol. The van der Waals surface area contributed by atoms with Crippen LogP contribution in [0.15, 0.2) is 53.3 Å². The van der Waals surface area contributed by atoms with E-state index in [-0.39, 0.29) is 24.5 Å². The smallest absolute Gasteiger partial charge is 0.338 e. The lowest BCUT2D eigenvalue weighted by atomic mass is 10.1. The summed E-state index contributed by atoms with van der Waals surface area (Å²) in [4.78, 5) is 29.2. The molecule has 3 aromatic rings. The lowest BCUT2D eigenvalue weighted by Gasteiger charge is -2.11. The predicted octanol–water partition coefficient (Wildman–Crippen LogP) is 2.84. The molecule has 0 atom stereocenters. The highest BCUT2D eigenvalue weighted by atomic mass is 16.5. The van der Waals surface area contributed by atoms with E-state index in [0.29, 0.717) is 16.5 Å². The molecule has 0 aliphatic heterocycles. The van der Waals surface area contributed by atoms with Crippen LogP contribution in [-0.2, 0) is 24.3 Å². The van der Waals surface area contributed by atoms with Gasteiger partial charge >= 0.3 is 5.97 Å². The van der Waals surface area contributed by atoms with Crippen LogP contribution in [0.25, 0.3) is 10.9 Å². The van der Waals surface area contributed by atoms with Crippen LogP contribution in [0.1, 0.15) is 28.7 Å². The Bertz CT molecular complexity index is 1050. The van der Waals surface area contributed by atoms with E-state index in [0.717, 1.165) is 12.0 Å². The molecule has 0 spiro atoms. The minimum atomic E-state index is -0.501. The monoisotopic (exact) mass is 347 g/mol. The third-order valence-corrected chi connectivity index (χ3v) is 4.10. The molecule has 6 heteroatoms. The molecule has 0 amide bonds. The fourth-order valence-corrected chi connectivity index (χ4v) is 2.65. The third-order valence-electron chi connectivity index (χ3n) is 4.10. The quantitative estimate of drug-likeness (QED) is 0.663. The Morgan fingerprint density at radius 2 is 1.92 bits per heavy atom. The van der Waals surface area contributed by atoms with Crippen molar-refractivity contribution in [1.29, 1.82) is 5.26 Å². The molecule has 0 saturated carbocycles. The van der Waals surface area contributed by atoms with Gasteiger partial charge in [-0.05, 0) is 36.2 Å². The van der Waals surface area contributed by atoms with Crippen LogP contribution in [0.4, 0.5) is 0 Å². The summed E-state index contributed by atoms with van der Waals surface area (Å²) in [5, 5.41) is 9.42. The maximum absolute atomic E-state index is 12.6. The van der Waals surface area contributed by atoms with Crippen molar-refractivity contribution in [2.45, 2.75) is 26.5 Å². The summed E-state index contributed by atoms with van der Waals surface area (Å²) < 4.78 is 6.54. The SMILES string of the molecule is CCc1ccc(C(=O)OCc2nc3ccccc3c(=O)n2CC#N)cc1. The number of nitriles is 1. The number of nitrogens with zero attached hydrogens (tertiary/aromatic N) is 3. The zero-order valence-electron chi connectivity index (χ0n) is 14.3. The van der Waals surface area contributed by atoms with Gasteiger partial charge in [-0.15, -0.1) is 0 Å². The van der Waals surface area contributed by atoms with Gasteiger partial charge in [0.05, 0.1) is 22.5 Å². The average Bonchev–Trinajstić information content (AvgIpc) is 2.68. The standard InChI is InChI=1S/C20H17N3O3/c1-2-14-7-9-15(10-8-14)20(25)26-13-18-22-17-6-4-3-5-16(17)19(24)23(18)12-11-21/h3-10H,2,12-13H2,1H3. The zero-order chi connectivity index (χ0) is 18.5. The molecule has 1 aromatic heterocycles. The molecule has 6 nitrogen and oxygen atoms in total. The van der Waals surface area contributed by atoms with Crippen molar-refractivity contribution in [2.75, 3.05) is 0 Å². The lowest BCUT2D eigenvalue weighted by Crippen LogP contribution is -2.26. The Balaban J connectivity index is 1.87. The van der Waals surface area contributed by atoms with Crippen molar-refractivity contribution < 1.29 is 9.53 Å².